The number of hydrogen-bond acceptors (Lipinski definition) is 6. The fourth-order valence-corrected chi connectivity index (χ4v) is 3.39. The lowest BCUT2D eigenvalue weighted by molar-refractivity contribution is 0.386. The minimum atomic E-state index is -0.637. The molecule has 0 unspecified atom stereocenters. The van der Waals surface area contributed by atoms with Gasteiger partial charge >= 0.3 is 0 Å². The number of nitrogens with zero attached hydrogens (tertiary/aromatic N) is 4. The lowest BCUT2D eigenvalue weighted by Gasteiger charge is -2.13. The number of ether oxygens (including phenoxy) is 1. The molecule has 7 nitrogen and oxygen atoms in total. The second kappa shape index (κ2) is 6.90. The Morgan fingerprint density at radius 1 is 1.32 bits per heavy atom. The Morgan fingerprint density at radius 2 is 2.14 bits per heavy atom. The molecule has 0 saturated carbocycles. The van der Waals surface area contributed by atoms with E-state index in [4.69, 9.17) is 9.15 Å². The molecule has 138 valence electrons. The summed E-state index contributed by atoms with van der Waals surface area (Å²) in [7, 11) is 1.35. The van der Waals surface area contributed by atoms with E-state index in [9.17, 15) is 14.4 Å². The molecule has 2 heterocycles. The van der Waals surface area contributed by atoms with Gasteiger partial charge in [-0.05, 0) is 40.2 Å². The molecule has 0 N–H and O–H groups in total. The fourth-order valence-electron chi connectivity index (χ4n) is 2.84. The van der Waals surface area contributed by atoms with Crippen LogP contribution in [0.2, 0.25) is 0 Å². The number of rotatable bonds is 3. The van der Waals surface area contributed by atoms with E-state index in [1.807, 2.05) is 6.07 Å². The van der Waals surface area contributed by atoms with E-state index in [-0.39, 0.29) is 34.0 Å². The zero-order chi connectivity index (χ0) is 19.8. The highest BCUT2D eigenvalue weighted by Crippen LogP contribution is 2.28. The van der Waals surface area contributed by atoms with Gasteiger partial charge < -0.3 is 9.15 Å². The summed E-state index contributed by atoms with van der Waals surface area (Å²) in [5.74, 6) is -0.222. The Hall–Kier alpha value is -3.51. The van der Waals surface area contributed by atoms with E-state index in [0.717, 1.165) is 6.07 Å². The molecule has 0 aliphatic heterocycles. The summed E-state index contributed by atoms with van der Waals surface area (Å²) in [6.45, 7) is 0. The normalized spacial score (nSPS) is 10.8. The van der Waals surface area contributed by atoms with Crippen molar-refractivity contribution in [2.45, 2.75) is 0 Å². The Kier molecular flexibility index (Phi) is 4.41. The Labute approximate surface area is 165 Å². The van der Waals surface area contributed by atoms with Crippen LogP contribution in [0.5, 0.6) is 5.75 Å². The summed E-state index contributed by atoms with van der Waals surface area (Å²) < 4.78 is 26.2. The second-order valence-corrected chi connectivity index (χ2v) is 6.58. The van der Waals surface area contributed by atoms with Gasteiger partial charge in [0.1, 0.15) is 0 Å². The maximum absolute atomic E-state index is 14.3. The minimum Gasteiger partial charge on any atom is -0.494 e. The lowest BCUT2D eigenvalue weighted by atomic mass is 10.1. The second-order valence-electron chi connectivity index (χ2n) is 5.73. The third-order valence-corrected chi connectivity index (χ3v) is 4.71. The Bertz CT molecular complexity index is 1310. The van der Waals surface area contributed by atoms with Crippen molar-refractivity contribution in [3.63, 3.8) is 0 Å². The van der Waals surface area contributed by atoms with Crippen LogP contribution in [0.15, 0.2) is 56.6 Å². The van der Waals surface area contributed by atoms with Gasteiger partial charge in [0.2, 0.25) is 0 Å². The van der Waals surface area contributed by atoms with Crippen LogP contribution in [0.3, 0.4) is 0 Å². The molecular weight excluding hydrogens is 431 g/mol. The first kappa shape index (κ1) is 17.9. The van der Waals surface area contributed by atoms with Crippen molar-refractivity contribution in [1.82, 2.24) is 14.5 Å². The van der Waals surface area contributed by atoms with Gasteiger partial charge in [0.05, 0.1) is 41.5 Å². The van der Waals surface area contributed by atoms with Gasteiger partial charge in [0, 0.05) is 10.5 Å². The van der Waals surface area contributed by atoms with E-state index in [1.54, 1.807) is 6.07 Å². The maximum atomic E-state index is 14.3. The van der Waals surface area contributed by atoms with Crippen molar-refractivity contribution >= 4 is 26.8 Å². The average molecular weight is 441 g/mol. The third-order valence-electron chi connectivity index (χ3n) is 4.10. The van der Waals surface area contributed by atoms with Crippen molar-refractivity contribution in [2.75, 3.05) is 7.11 Å². The zero-order valence-electron chi connectivity index (χ0n) is 14.3. The minimum absolute atomic E-state index is 0.0428. The van der Waals surface area contributed by atoms with E-state index in [2.05, 4.69) is 25.9 Å². The number of fused-ring (bicyclic) bond motifs is 1. The highest BCUT2D eigenvalue weighted by atomic mass is 79.9. The first-order valence-electron chi connectivity index (χ1n) is 7.92. The summed E-state index contributed by atoms with van der Waals surface area (Å²) in [5.41, 5.74) is 0.375. The summed E-state index contributed by atoms with van der Waals surface area (Å²) in [5, 5.41) is 9.41. The quantitative estimate of drug-likeness (QED) is 0.480. The molecule has 2 aromatic carbocycles. The molecule has 0 radical (unpaired) electrons. The van der Waals surface area contributed by atoms with Crippen molar-refractivity contribution < 1.29 is 13.5 Å². The zero-order valence-corrected chi connectivity index (χ0v) is 15.9. The van der Waals surface area contributed by atoms with Gasteiger partial charge in [-0.15, -0.1) is 0 Å². The number of benzene rings is 2. The molecule has 0 aliphatic rings. The van der Waals surface area contributed by atoms with Crippen LogP contribution in [0.25, 0.3) is 28.2 Å². The highest BCUT2D eigenvalue weighted by molar-refractivity contribution is 9.10. The van der Waals surface area contributed by atoms with E-state index in [0.29, 0.717) is 9.99 Å². The third kappa shape index (κ3) is 2.84. The predicted octanol–water partition coefficient (Wildman–Crippen LogP) is 3.82. The molecule has 0 atom stereocenters. The number of nitriles is 1. The van der Waals surface area contributed by atoms with Gasteiger partial charge in [0.25, 0.3) is 5.56 Å². The van der Waals surface area contributed by atoms with Crippen LogP contribution in [0.1, 0.15) is 5.56 Å². The Balaban J connectivity index is 2.13. The maximum Gasteiger partial charge on any atom is 0.266 e. The van der Waals surface area contributed by atoms with Gasteiger partial charge in [-0.1, -0.05) is 0 Å². The van der Waals surface area contributed by atoms with E-state index >= 15 is 0 Å². The molecular formula is C19H10BrFN4O3. The molecule has 4 rings (SSSR count). The van der Waals surface area contributed by atoms with Crippen molar-refractivity contribution in [1.29, 1.82) is 5.26 Å². The number of halogens is 2. The van der Waals surface area contributed by atoms with E-state index < -0.39 is 11.4 Å². The highest BCUT2D eigenvalue weighted by Gasteiger charge is 2.19. The van der Waals surface area contributed by atoms with Gasteiger partial charge in [-0.2, -0.15) is 5.26 Å². The summed E-state index contributed by atoms with van der Waals surface area (Å²) >= 11 is 3.35. The monoisotopic (exact) mass is 440 g/mol. The first-order valence-corrected chi connectivity index (χ1v) is 8.72. The number of methoxy groups -OCH3 is 1. The Morgan fingerprint density at radius 3 is 2.79 bits per heavy atom. The largest absolute Gasteiger partial charge is 0.494 e. The van der Waals surface area contributed by atoms with Crippen LogP contribution in [0.4, 0.5) is 4.39 Å². The van der Waals surface area contributed by atoms with E-state index in [1.165, 1.54) is 42.5 Å². The number of oxazole rings is 1. The summed E-state index contributed by atoms with van der Waals surface area (Å²) in [4.78, 5) is 21.7. The van der Waals surface area contributed by atoms with Crippen LogP contribution in [0, 0.1) is 17.1 Å². The SMILES string of the molecule is COc1ccc(-n2c(-c3cnco3)nc3c(Br)cc(C#N)cc3c2=O)cc1F. The van der Waals surface area contributed by atoms with Crippen molar-refractivity contribution in [3.8, 4) is 29.1 Å². The van der Waals surface area contributed by atoms with Gasteiger partial charge in [0.15, 0.2) is 29.5 Å². The molecule has 0 fully saturated rings. The molecule has 28 heavy (non-hydrogen) atoms. The van der Waals surface area contributed by atoms with Gasteiger partial charge in [-0.3, -0.25) is 9.36 Å². The number of aromatic nitrogens is 3. The fraction of sp³-hybridized carbons (Fsp3) is 0.0526. The molecule has 0 bridgehead atoms. The molecule has 9 heteroatoms. The van der Waals surface area contributed by atoms with Crippen LogP contribution in [-0.4, -0.2) is 21.6 Å². The number of hydrogen-bond donors (Lipinski definition) is 0. The summed E-state index contributed by atoms with van der Waals surface area (Å²) in [6, 6.07) is 9.11. The molecule has 4 aromatic rings. The summed E-state index contributed by atoms with van der Waals surface area (Å²) in [6.07, 6.45) is 2.61. The first-order chi connectivity index (χ1) is 13.5. The molecule has 0 spiro atoms. The van der Waals surface area contributed by atoms with Crippen LogP contribution in [-0.2, 0) is 0 Å². The molecule has 0 amide bonds. The van der Waals surface area contributed by atoms with Crippen LogP contribution < -0.4 is 10.3 Å². The molecule has 2 aromatic heterocycles. The molecule has 0 aliphatic carbocycles. The lowest BCUT2D eigenvalue weighted by Crippen LogP contribution is -2.22. The predicted molar refractivity (Wildman–Crippen MR) is 102 cm³/mol. The van der Waals surface area contributed by atoms with Gasteiger partial charge in [-0.25, -0.2) is 14.4 Å². The smallest absolute Gasteiger partial charge is 0.266 e. The van der Waals surface area contributed by atoms with Crippen LogP contribution >= 0.6 is 15.9 Å². The van der Waals surface area contributed by atoms with Crippen molar-refractivity contribution in [2.24, 2.45) is 0 Å². The van der Waals surface area contributed by atoms with Crippen molar-refractivity contribution in [3.05, 3.63) is 69.1 Å². The average Bonchev–Trinajstić information content (AvgIpc) is 3.22. The standard InChI is InChI=1S/C19H10BrFN4O3/c1-27-15-3-2-11(6-14(15)21)25-18(16-8-23-9-28-16)24-17-12(19(25)26)4-10(7-22)5-13(17)20/h2-6,8-9H,1H3. The molecule has 0 saturated heterocycles. The topological polar surface area (TPSA) is 93.9 Å².